The van der Waals surface area contributed by atoms with E-state index in [1.165, 1.54) is 4.90 Å². The van der Waals surface area contributed by atoms with Gasteiger partial charge in [-0.2, -0.15) is 0 Å². The fourth-order valence-corrected chi connectivity index (χ4v) is 3.51. The van der Waals surface area contributed by atoms with E-state index in [1.54, 1.807) is 7.05 Å². The molecular weight excluding hydrogens is 377 g/mol. The molecule has 0 radical (unpaired) electrons. The number of carbonyl (C=O) groups excluding carboxylic acids is 1. The van der Waals surface area contributed by atoms with Crippen LogP contribution >= 0.6 is 17.9 Å². The summed E-state index contributed by atoms with van der Waals surface area (Å²) in [7, 11) is 1.63. The zero-order chi connectivity index (χ0) is 19.4. The van der Waals surface area contributed by atoms with E-state index in [9.17, 15) is 9.69 Å². The molecule has 0 aromatic heterocycles. The number of hydrogen-bond acceptors (Lipinski definition) is 4. The van der Waals surface area contributed by atoms with Gasteiger partial charge in [-0.05, 0) is 49.6 Å². The smallest absolute Gasteiger partial charge is 0.410 e. The standard InChI is InChI=1S/C17H28NO4PS2/c1-12(2)13-9-7-8-10-14(13)15(22-23(20,24)25)11-18(6)16(19)21-17(3,4)5/h7-10,12,15H,11H2,1-6H3,(H2,20,24,25). The molecule has 5 nitrogen and oxygen atoms in total. The van der Waals surface area contributed by atoms with Crippen LogP contribution in [-0.2, 0) is 21.1 Å². The molecule has 0 aliphatic rings. The SMILES string of the molecule is CC(C)c1ccccc1C(CN(C)C(=O)OC(C)(C)C)OP(O)(=S)S. The van der Waals surface area contributed by atoms with E-state index in [-0.39, 0.29) is 12.5 Å². The zero-order valence-corrected chi connectivity index (χ0v) is 18.2. The number of amides is 1. The van der Waals surface area contributed by atoms with Crippen LogP contribution in [0, 0.1) is 0 Å². The van der Waals surface area contributed by atoms with Crippen molar-refractivity contribution in [2.45, 2.75) is 52.2 Å². The lowest BCUT2D eigenvalue weighted by Gasteiger charge is -2.30. The Kier molecular flexibility index (Phi) is 7.96. The largest absolute Gasteiger partial charge is 0.444 e. The summed E-state index contributed by atoms with van der Waals surface area (Å²) >= 11 is 8.95. The van der Waals surface area contributed by atoms with E-state index in [0.717, 1.165) is 11.1 Å². The van der Waals surface area contributed by atoms with Gasteiger partial charge in [-0.1, -0.05) is 50.4 Å². The highest BCUT2D eigenvalue weighted by Crippen LogP contribution is 2.52. The third-order valence-corrected chi connectivity index (χ3v) is 4.44. The number of carbonyl (C=O) groups is 1. The van der Waals surface area contributed by atoms with Crippen molar-refractivity contribution in [1.82, 2.24) is 4.90 Å². The van der Waals surface area contributed by atoms with E-state index in [0.29, 0.717) is 0 Å². The number of ether oxygens (including phenoxy) is 1. The molecule has 0 aliphatic heterocycles. The van der Waals surface area contributed by atoms with E-state index in [2.05, 4.69) is 26.1 Å². The van der Waals surface area contributed by atoms with Crippen molar-refractivity contribution in [1.29, 1.82) is 0 Å². The Morgan fingerprint density at radius 3 is 2.28 bits per heavy atom. The van der Waals surface area contributed by atoms with Crippen LogP contribution in [0.15, 0.2) is 24.3 Å². The van der Waals surface area contributed by atoms with Crippen LogP contribution in [0.1, 0.15) is 57.8 Å². The van der Waals surface area contributed by atoms with Crippen LogP contribution in [-0.4, -0.2) is 35.1 Å². The maximum absolute atomic E-state index is 12.3. The molecule has 0 bridgehead atoms. The van der Waals surface area contributed by atoms with Crippen LogP contribution in [0.3, 0.4) is 0 Å². The summed E-state index contributed by atoms with van der Waals surface area (Å²) in [5.41, 5.74) is -1.86. The van der Waals surface area contributed by atoms with Gasteiger partial charge in [-0.25, -0.2) is 4.79 Å². The fraction of sp³-hybridized carbons (Fsp3) is 0.588. The van der Waals surface area contributed by atoms with Gasteiger partial charge in [0.05, 0.1) is 6.54 Å². The van der Waals surface area contributed by atoms with Gasteiger partial charge in [0.1, 0.15) is 11.7 Å². The lowest BCUT2D eigenvalue weighted by atomic mass is 9.94. The fourth-order valence-electron chi connectivity index (χ4n) is 2.35. The topological polar surface area (TPSA) is 59.0 Å². The predicted molar refractivity (Wildman–Crippen MR) is 109 cm³/mol. The predicted octanol–water partition coefficient (Wildman–Crippen LogP) is 4.88. The highest BCUT2D eigenvalue weighted by molar-refractivity contribution is 8.59. The quantitative estimate of drug-likeness (QED) is 0.522. The van der Waals surface area contributed by atoms with Gasteiger partial charge in [0.25, 0.3) is 0 Å². The number of thiol groups is 1. The molecule has 0 fully saturated rings. The minimum atomic E-state index is -3.22. The molecule has 1 amide bonds. The summed E-state index contributed by atoms with van der Waals surface area (Å²) in [5, 5.41) is 0. The normalized spacial score (nSPS) is 15.6. The first-order valence-electron chi connectivity index (χ1n) is 8.07. The monoisotopic (exact) mass is 405 g/mol. The molecule has 142 valence electrons. The molecule has 1 N–H and O–H groups in total. The number of hydrogen-bond donors (Lipinski definition) is 2. The molecule has 8 heteroatoms. The van der Waals surface area contributed by atoms with Gasteiger partial charge in [-0.3, -0.25) is 0 Å². The molecule has 1 aromatic rings. The molecule has 0 aliphatic carbocycles. The Balaban J connectivity index is 3.11. The Hall–Kier alpha value is -0.590. The Bertz CT molecular complexity index is 640. The van der Waals surface area contributed by atoms with Crippen molar-refractivity contribution in [2.24, 2.45) is 0 Å². The van der Waals surface area contributed by atoms with Gasteiger partial charge in [0.15, 0.2) is 0 Å². The van der Waals surface area contributed by atoms with Crippen molar-refractivity contribution in [2.75, 3.05) is 13.6 Å². The van der Waals surface area contributed by atoms with E-state index < -0.39 is 23.5 Å². The van der Waals surface area contributed by atoms with Crippen LogP contribution in [0.4, 0.5) is 4.79 Å². The first kappa shape index (κ1) is 22.5. The van der Waals surface area contributed by atoms with E-state index >= 15 is 0 Å². The van der Waals surface area contributed by atoms with Crippen molar-refractivity contribution in [3.05, 3.63) is 35.4 Å². The number of benzene rings is 1. The highest BCUT2D eigenvalue weighted by Gasteiger charge is 2.27. The molecule has 2 unspecified atom stereocenters. The summed E-state index contributed by atoms with van der Waals surface area (Å²) in [6, 6.07) is 7.76. The molecule has 0 saturated carbocycles. The molecule has 25 heavy (non-hydrogen) atoms. The second kappa shape index (κ2) is 8.87. The Labute approximate surface area is 161 Å². The molecule has 0 heterocycles. The Morgan fingerprint density at radius 1 is 1.32 bits per heavy atom. The van der Waals surface area contributed by atoms with Gasteiger partial charge in [0.2, 0.25) is 5.69 Å². The van der Waals surface area contributed by atoms with Gasteiger partial charge >= 0.3 is 6.09 Å². The van der Waals surface area contributed by atoms with Crippen molar-refractivity contribution >= 4 is 35.8 Å². The average molecular weight is 406 g/mol. The zero-order valence-electron chi connectivity index (χ0n) is 15.6. The molecule has 0 spiro atoms. The van der Waals surface area contributed by atoms with Gasteiger partial charge in [0, 0.05) is 7.05 Å². The minimum Gasteiger partial charge on any atom is -0.444 e. The number of likely N-dealkylation sites (N-methyl/N-ethyl adjacent to an activating group) is 1. The summed E-state index contributed by atoms with van der Waals surface area (Å²) < 4.78 is 11.0. The van der Waals surface area contributed by atoms with Gasteiger partial charge < -0.3 is 19.1 Å². The molecule has 2 atom stereocenters. The lowest BCUT2D eigenvalue weighted by molar-refractivity contribution is 0.0228. The second-order valence-electron chi connectivity index (χ2n) is 7.23. The third kappa shape index (κ3) is 8.09. The van der Waals surface area contributed by atoms with Crippen molar-refractivity contribution in [3.8, 4) is 0 Å². The first-order chi connectivity index (χ1) is 11.3. The van der Waals surface area contributed by atoms with Crippen LogP contribution in [0.25, 0.3) is 0 Å². The number of nitrogens with zero attached hydrogens (tertiary/aromatic N) is 1. The highest BCUT2D eigenvalue weighted by atomic mass is 32.9. The summed E-state index contributed by atoms with van der Waals surface area (Å²) in [4.78, 5) is 23.6. The van der Waals surface area contributed by atoms with E-state index in [4.69, 9.17) is 21.1 Å². The molecule has 1 rings (SSSR count). The average Bonchev–Trinajstić information content (AvgIpc) is 2.43. The lowest BCUT2D eigenvalue weighted by Crippen LogP contribution is -2.37. The second-order valence-corrected chi connectivity index (χ2v) is 12.3. The van der Waals surface area contributed by atoms with Crippen LogP contribution in [0.5, 0.6) is 0 Å². The van der Waals surface area contributed by atoms with E-state index in [1.807, 2.05) is 45.0 Å². The summed E-state index contributed by atoms with van der Waals surface area (Å²) in [5.74, 6) is 0.255. The first-order valence-corrected chi connectivity index (χ1v) is 11.9. The summed E-state index contributed by atoms with van der Waals surface area (Å²) in [6.45, 7) is 9.76. The minimum absolute atomic E-state index is 0.193. The van der Waals surface area contributed by atoms with Crippen LogP contribution in [0.2, 0.25) is 0 Å². The van der Waals surface area contributed by atoms with Crippen LogP contribution < -0.4 is 0 Å². The number of rotatable bonds is 6. The van der Waals surface area contributed by atoms with Crippen molar-refractivity contribution in [3.63, 3.8) is 0 Å². The molecule has 1 aromatic carbocycles. The Morgan fingerprint density at radius 2 is 1.84 bits per heavy atom. The third-order valence-electron chi connectivity index (χ3n) is 3.37. The molecule has 0 saturated heterocycles. The van der Waals surface area contributed by atoms with Gasteiger partial charge in [-0.15, -0.1) is 0 Å². The maximum atomic E-state index is 12.3. The summed E-state index contributed by atoms with van der Waals surface area (Å²) in [6.07, 6.45) is -1.06. The van der Waals surface area contributed by atoms with Crippen molar-refractivity contribution < 1.29 is 18.9 Å². The molecular formula is C17H28NO4PS2. The maximum Gasteiger partial charge on any atom is 0.410 e.